The molecular weight excluding hydrogens is 354 g/mol. The summed E-state index contributed by atoms with van der Waals surface area (Å²) in [5.74, 6) is 0.247. The normalized spacial score (nSPS) is 11.8. The first kappa shape index (κ1) is 17.5. The van der Waals surface area contributed by atoms with E-state index in [0.29, 0.717) is 19.7 Å². The summed E-state index contributed by atoms with van der Waals surface area (Å²) in [5, 5.41) is 0. The molecule has 0 bridgehead atoms. The second-order valence-corrected chi connectivity index (χ2v) is 6.45. The Morgan fingerprint density at radius 2 is 1.91 bits per heavy atom. The zero-order valence-corrected chi connectivity index (χ0v) is 15.1. The number of rotatable bonds is 6. The van der Waals surface area contributed by atoms with Crippen molar-refractivity contribution in [3.05, 3.63) is 70.2 Å². The predicted octanol–water partition coefficient (Wildman–Crippen LogP) is 5.21. The first-order valence-corrected chi connectivity index (χ1v) is 8.60. The van der Waals surface area contributed by atoms with E-state index in [1.54, 1.807) is 4.90 Å². The van der Waals surface area contributed by atoms with Gasteiger partial charge in [0.15, 0.2) is 0 Å². The molecule has 1 amide bonds. The molecule has 4 heteroatoms. The van der Waals surface area contributed by atoms with Crippen LogP contribution in [0.15, 0.2) is 59.1 Å². The first-order valence-electron chi connectivity index (χ1n) is 7.81. The van der Waals surface area contributed by atoms with Crippen molar-refractivity contribution in [2.24, 2.45) is 0 Å². The third-order valence-corrected chi connectivity index (χ3v) is 4.25. The highest BCUT2D eigenvalue weighted by Gasteiger charge is 2.17. The predicted molar refractivity (Wildman–Crippen MR) is 96.4 cm³/mol. The van der Waals surface area contributed by atoms with E-state index in [0.717, 1.165) is 10.0 Å². The molecular formula is C19H22BrNO2. The van der Waals surface area contributed by atoms with Gasteiger partial charge < -0.3 is 9.64 Å². The van der Waals surface area contributed by atoms with E-state index < -0.39 is 0 Å². The topological polar surface area (TPSA) is 29.5 Å². The largest absolute Gasteiger partial charge is 0.445 e. The van der Waals surface area contributed by atoms with Gasteiger partial charge in [0.25, 0.3) is 0 Å². The number of likely N-dealkylation sites (N-methyl/N-ethyl adjacent to an activating group) is 1. The smallest absolute Gasteiger partial charge is 0.410 e. The fourth-order valence-electron chi connectivity index (χ4n) is 2.39. The summed E-state index contributed by atoms with van der Waals surface area (Å²) in [6.45, 7) is 5.67. The molecule has 0 saturated heterocycles. The zero-order valence-electron chi connectivity index (χ0n) is 13.5. The van der Waals surface area contributed by atoms with E-state index in [2.05, 4.69) is 35.0 Å². The molecule has 0 N–H and O–H groups in total. The van der Waals surface area contributed by atoms with Crippen molar-refractivity contribution < 1.29 is 9.53 Å². The minimum atomic E-state index is -0.266. The van der Waals surface area contributed by atoms with Crippen LogP contribution in [0.1, 0.15) is 30.9 Å². The molecule has 1 atom stereocenters. The van der Waals surface area contributed by atoms with Gasteiger partial charge in [-0.15, -0.1) is 0 Å². The second kappa shape index (κ2) is 8.73. The van der Waals surface area contributed by atoms with Gasteiger partial charge in [-0.25, -0.2) is 4.79 Å². The standard InChI is InChI=1S/C19H22BrNO2/c1-3-21(13-15(2)17-10-7-11-18(20)12-17)19(22)23-14-16-8-5-4-6-9-16/h4-12,15H,3,13-14H2,1-2H3. The molecule has 0 fully saturated rings. The number of amides is 1. The molecule has 1 unspecified atom stereocenters. The summed E-state index contributed by atoms with van der Waals surface area (Å²) < 4.78 is 6.47. The number of carbonyl (C=O) groups is 1. The Morgan fingerprint density at radius 3 is 2.57 bits per heavy atom. The van der Waals surface area contributed by atoms with Gasteiger partial charge in [0.2, 0.25) is 0 Å². The SMILES string of the molecule is CCN(CC(C)c1cccc(Br)c1)C(=O)OCc1ccccc1. The van der Waals surface area contributed by atoms with Crippen LogP contribution >= 0.6 is 15.9 Å². The molecule has 2 aromatic carbocycles. The maximum atomic E-state index is 12.3. The van der Waals surface area contributed by atoms with Gasteiger partial charge in [-0.2, -0.15) is 0 Å². The lowest BCUT2D eigenvalue weighted by Gasteiger charge is -2.24. The van der Waals surface area contributed by atoms with Gasteiger partial charge in [-0.1, -0.05) is 65.3 Å². The maximum absolute atomic E-state index is 12.3. The summed E-state index contributed by atoms with van der Waals surface area (Å²) in [5.41, 5.74) is 2.20. The number of carbonyl (C=O) groups excluding carboxylic acids is 1. The van der Waals surface area contributed by atoms with Crippen LogP contribution in [0.4, 0.5) is 4.79 Å². The number of hydrogen-bond donors (Lipinski definition) is 0. The molecule has 0 radical (unpaired) electrons. The average molecular weight is 376 g/mol. The molecule has 2 rings (SSSR count). The molecule has 3 nitrogen and oxygen atoms in total. The molecule has 0 heterocycles. The first-order chi connectivity index (χ1) is 11.1. The highest BCUT2D eigenvalue weighted by molar-refractivity contribution is 9.10. The zero-order chi connectivity index (χ0) is 16.7. The van der Waals surface area contributed by atoms with Crippen LogP contribution in [0.25, 0.3) is 0 Å². The summed E-state index contributed by atoms with van der Waals surface area (Å²) in [4.78, 5) is 14.0. The Labute approximate surface area is 146 Å². The van der Waals surface area contributed by atoms with Crippen molar-refractivity contribution in [2.75, 3.05) is 13.1 Å². The fourth-order valence-corrected chi connectivity index (χ4v) is 2.81. The van der Waals surface area contributed by atoms with Crippen LogP contribution in [0.3, 0.4) is 0 Å². The van der Waals surface area contributed by atoms with Crippen LogP contribution in [0, 0.1) is 0 Å². The number of ether oxygens (including phenoxy) is 1. The Hall–Kier alpha value is -1.81. The van der Waals surface area contributed by atoms with E-state index in [4.69, 9.17) is 4.74 Å². The highest BCUT2D eigenvalue weighted by Crippen LogP contribution is 2.21. The molecule has 122 valence electrons. The van der Waals surface area contributed by atoms with Crippen molar-refractivity contribution in [3.8, 4) is 0 Å². The van der Waals surface area contributed by atoms with Gasteiger partial charge in [0, 0.05) is 17.6 Å². The Balaban J connectivity index is 1.92. The number of hydrogen-bond acceptors (Lipinski definition) is 2. The lowest BCUT2D eigenvalue weighted by atomic mass is 10.0. The van der Waals surface area contributed by atoms with Crippen LogP contribution in [-0.2, 0) is 11.3 Å². The number of benzene rings is 2. The molecule has 0 aromatic heterocycles. The van der Waals surface area contributed by atoms with E-state index in [-0.39, 0.29) is 12.0 Å². The summed E-state index contributed by atoms with van der Waals surface area (Å²) in [6.07, 6.45) is -0.266. The van der Waals surface area contributed by atoms with Crippen molar-refractivity contribution in [3.63, 3.8) is 0 Å². The lowest BCUT2D eigenvalue weighted by Crippen LogP contribution is -2.34. The summed E-state index contributed by atoms with van der Waals surface area (Å²) >= 11 is 3.49. The van der Waals surface area contributed by atoms with Crippen molar-refractivity contribution in [2.45, 2.75) is 26.4 Å². The number of halogens is 1. The second-order valence-electron chi connectivity index (χ2n) is 5.53. The van der Waals surface area contributed by atoms with Gasteiger partial charge in [-0.3, -0.25) is 0 Å². The van der Waals surface area contributed by atoms with Gasteiger partial charge in [-0.05, 0) is 36.1 Å². The Morgan fingerprint density at radius 1 is 1.17 bits per heavy atom. The molecule has 0 saturated carbocycles. The van der Waals surface area contributed by atoms with E-state index >= 15 is 0 Å². The van der Waals surface area contributed by atoms with Crippen LogP contribution in [-0.4, -0.2) is 24.1 Å². The van der Waals surface area contributed by atoms with E-state index in [1.165, 1.54) is 5.56 Å². The molecule has 0 aliphatic carbocycles. The Bertz CT molecular complexity index is 630. The van der Waals surface area contributed by atoms with Crippen molar-refractivity contribution >= 4 is 22.0 Å². The summed E-state index contributed by atoms with van der Waals surface area (Å²) in [7, 11) is 0. The van der Waals surface area contributed by atoms with Gasteiger partial charge in [0.1, 0.15) is 6.61 Å². The van der Waals surface area contributed by atoms with Crippen LogP contribution in [0.2, 0.25) is 0 Å². The monoisotopic (exact) mass is 375 g/mol. The molecule has 0 aliphatic heterocycles. The van der Waals surface area contributed by atoms with Crippen LogP contribution < -0.4 is 0 Å². The van der Waals surface area contributed by atoms with E-state index in [9.17, 15) is 4.79 Å². The minimum Gasteiger partial charge on any atom is -0.445 e. The van der Waals surface area contributed by atoms with Crippen molar-refractivity contribution in [1.82, 2.24) is 4.90 Å². The summed E-state index contributed by atoms with van der Waals surface area (Å²) in [6, 6.07) is 17.9. The third-order valence-electron chi connectivity index (χ3n) is 3.76. The molecule has 23 heavy (non-hydrogen) atoms. The molecule has 0 spiro atoms. The molecule has 0 aliphatic rings. The van der Waals surface area contributed by atoms with Gasteiger partial charge in [0.05, 0.1) is 0 Å². The van der Waals surface area contributed by atoms with Crippen molar-refractivity contribution in [1.29, 1.82) is 0 Å². The quantitative estimate of drug-likeness (QED) is 0.693. The third kappa shape index (κ3) is 5.39. The lowest BCUT2D eigenvalue weighted by molar-refractivity contribution is 0.0963. The Kier molecular flexibility index (Phi) is 6.66. The average Bonchev–Trinajstić information content (AvgIpc) is 2.58. The number of nitrogens with zero attached hydrogens (tertiary/aromatic N) is 1. The van der Waals surface area contributed by atoms with Crippen LogP contribution in [0.5, 0.6) is 0 Å². The fraction of sp³-hybridized carbons (Fsp3) is 0.316. The highest BCUT2D eigenvalue weighted by atomic mass is 79.9. The molecule has 2 aromatic rings. The van der Waals surface area contributed by atoms with Gasteiger partial charge >= 0.3 is 6.09 Å². The van der Waals surface area contributed by atoms with E-state index in [1.807, 2.05) is 49.4 Å². The minimum absolute atomic E-state index is 0.247. The maximum Gasteiger partial charge on any atom is 0.410 e.